The average molecular weight is 321 g/mol. The molecule has 1 aromatic carbocycles. The minimum absolute atomic E-state index is 0.247. The lowest BCUT2D eigenvalue weighted by Crippen LogP contribution is -2.45. The molecule has 0 aliphatic carbocycles. The zero-order valence-corrected chi connectivity index (χ0v) is 14.6. The van der Waals surface area contributed by atoms with Gasteiger partial charge in [-0.25, -0.2) is 9.59 Å². The van der Waals surface area contributed by atoms with Crippen molar-refractivity contribution in [3.05, 3.63) is 35.9 Å². The lowest BCUT2D eigenvalue weighted by atomic mass is 9.98. The van der Waals surface area contributed by atoms with Gasteiger partial charge in [-0.3, -0.25) is 0 Å². The van der Waals surface area contributed by atoms with Crippen LogP contribution in [0.15, 0.2) is 30.3 Å². The largest absolute Gasteiger partial charge is 0.467 e. The van der Waals surface area contributed by atoms with Crippen molar-refractivity contribution in [2.45, 2.75) is 52.2 Å². The van der Waals surface area contributed by atoms with Crippen LogP contribution >= 0.6 is 0 Å². The molecule has 0 fully saturated rings. The summed E-state index contributed by atoms with van der Waals surface area (Å²) in [5.74, 6) is -0.215. The van der Waals surface area contributed by atoms with Gasteiger partial charge in [0.15, 0.2) is 0 Å². The third-order valence-corrected chi connectivity index (χ3v) is 3.33. The smallest absolute Gasteiger partial charge is 0.408 e. The summed E-state index contributed by atoms with van der Waals surface area (Å²) in [6, 6.07) is 9.11. The zero-order valence-electron chi connectivity index (χ0n) is 14.6. The highest BCUT2D eigenvalue weighted by Gasteiger charge is 2.28. The Labute approximate surface area is 138 Å². The van der Waals surface area contributed by atoms with Gasteiger partial charge in [0.05, 0.1) is 7.11 Å². The highest BCUT2D eigenvalue weighted by Crippen LogP contribution is 2.17. The fourth-order valence-corrected chi connectivity index (χ4v) is 2.37. The molecule has 0 aromatic heterocycles. The van der Waals surface area contributed by atoms with E-state index >= 15 is 0 Å². The van der Waals surface area contributed by atoms with Crippen LogP contribution in [0.2, 0.25) is 0 Å². The molecule has 23 heavy (non-hydrogen) atoms. The monoisotopic (exact) mass is 321 g/mol. The van der Waals surface area contributed by atoms with Crippen molar-refractivity contribution in [1.82, 2.24) is 5.32 Å². The SMILES string of the molecule is COC(=O)[C@H](CC(C)C)NC(=O)OC(C)(C)Cc1ccccc1. The number of ether oxygens (including phenoxy) is 2. The molecule has 0 bridgehead atoms. The summed E-state index contributed by atoms with van der Waals surface area (Å²) in [6.07, 6.45) is 0.483. The fraction of sp³-hybridized carbons (Fsp3) is 0.556. The van der Waals surface area contributed by atoms with Gasteiger partial charge < -0.3 is 14.8 Å². The van der Waals surface area contributed by atoms with Crippen LogP contribution < -0.4 is 5.32 Å². The van der Waals surface area contributed by atoms with Crippen molar-refractivity contribution in [3.63, 3.8) is 0 Å². The molecule has 0 spiro atoms. The zero-order chi connectivity index (χ0) is 17.5. The molecule has 1 atom stereocenters. The van der Waals surface area contributed by atoms with Crippen molar-refractivity contribution in [1.29, 1.82) is 0 Å². The van der Waals surface area contributed by atoms with E-state index in [4.69, 9.17) is 9.47 Å². The molecule has 1 rings (SSSR count). The van der Waals surface area contributed by atoms with Gasteiger partial charge in [-0.05, 0) is 31.7 Å². The van der Waals surface area contributed by atoms with E-state index in [1.807, 2.05) is 58.0 Å². The summed E-state index contributed by atoms with van der Waals surface area (Å²) in [4.78, 5) is 23.9. The molecule has 0 unspecified atom stereocenters. The fourth-order valence-electron chi connectivity index (χ4n) is 2.37. The molecule has 0 saturated carbocycles. The predicted molar refractivity (Wildman–Crippen MR) is 89.1 cm³/mol. The van der Waals surface area contributed by atoms with Crippen molar-refractivity contribution in [2.75, 3.05) is 7.11 Å². The third kappa shape index (κ3) is 7.17. The standard InChI is InChI=1S/C18H27NO4/c1-13(2)11-15(16(20)22-5)19-17(21)23-18(3,4)12-14-9-7-6-8-10-14/h6-10,13,15H,11-12H2,1-5H3,(H,19,21)/t15-/m0/s1. The Morgan fingerprint density at radius 1 is 1.17 bits per heavy atom. The van der Waals surface area contributed by atoms with Crippen LogP contribution in [-0.2, 0) is 20.7 Å². The topological polar surface area (TPSA) is 64.6 Å². The van der Waals surface area contributed by atoms with Gasteiger partial charge >= 0.3 is 12.1 Å². The first-order valence-electron chi connectivity index (χ1n) is 7.85. The Balaban J connectivity index is 2.63. The summed E-state index contributed by atoms with van der Waals surface area (Å²) < 4.78 is 10.2. The number of nitrogens with one attached hydrogen (secondary N) is 1. The number of rotatable bonds is 7. The van der Waals surface area contributed by atoms with Crippen LogP contribution in [0.3, 0.4) is 0 Å². The Morgan fingerprint density at radius 2 is 1.78 bits per heavy atom. The number of benzene rings is 1. The maximum Gasteiger partial charge on any atom is 0.408 e. The second-order valence-electron chi connectivity index (χ2n) is 6.66. The van der Waals surface area contributed by atoms with Crippen LogP contribution in [0.1, 0.15) is 39.7 Å². The maximum atomic E-state index is 12.1. The average Bonchev–Trinajstić information content (AvgIpc) is 2.45. The van der Waals surface area contributed by atoms with Gasteiger partial charge in [0.25, 0.3) is 0 Å². The Hall–Kier alpha value is -2.04. The third-order valence-electron chi connectivity index (χ3n) is 3.33. The summed E-state index contributed by atoms with van der Waals surface area (Å²) in [5.41, 5.74) is 0.404. The van der Waals surface area contributed by atoms with Crippen LogP contribution in [0.5, 0.6) is 0 Å². The summed E-state index contributed by atoms with van der Waals surface area (Å²) in [5, 5.41) is 2.61. The van der Waals surface area contributed by atoms with E-state index in [1.165, 1.54) is 7.11 Å². The van der Waals surface area contributed by atoms with Crippen LogP contribution in [0.4, 0.5) is 4.79 Å². The number of amides is 1. The first kappa shape index (κ1) is 19.0. The van der Waals surface area contributed by atoms with E-state index in [0.717, 1.165) is 5.56 Å². The number of methoxy groups -OCH3 is 1. The van der Waals surface area contributed by atoms with Gasteiger partial charge in [0, 0.05) is 6.42 Å². The highest BCUT2D eigenvalue weighted by molar-refractivity contribution is 5.81. The normalized spacial score (nSPS) is 12.6. The van der Waals surface area contributed by atoms with E-state index in [2.05, 4.69) is 5.32 Å². The van der Waals surface area contributed by atoms with Crippen molar-refractivity contribution in [3.8, 4) is 0 Å². The van der Waals surface area contributed by atoms with Crippen LogP contribution in [0.25, 0.3) is 0 Å². The van der Waals surface area contributed by atoms with Crippen molar-refractivity contribution < 1.29 is 19.1 Å². The van der Waals surface area contributed by atoms with Crippen molar-refractivity contribution >= 4 is 12.1 Å². The van der Waals surface area contributed by atoms with Gasteiger partial charge in [0.2, 0.25) is 0 Å². The van der Waals surface area contributed by atoms with Crippen molar-refractivity contribution in [2.24, 2.45) is 5.92 Å². The van der Waals surface area contributed by atoms with E-state index < -0.39 is 23.7 Å². The minimum atomic E-state index is -0.694. The Morgan fingerprint density at radius 3 is 2.30 bits per heavy atom. The van der Waals surface area contributed by atoms with E-state index in [9.17, 15) is 9.59 Å². The predicted octanol–water partition coefficient (Wildman–Crippen LogP) is 3.32. The lowest BCUT2D eigenvalue weighted by molar-refractivity contribution is -0.143. The molecule has 5 nitrogen and oxygen atoms in total. The molecular formula is C18H27NO4. The minimum Gasteiger partial charge on any atom is -0.467 e. The Kier molecular flexibility index (Phi) is 7.07. The van der Waals surface area contributed by atoms with Gasteiger partial charge in [-0.2, -0.15) is 0 Å². The number of carbonyl (C=O) groups excluding carboxylic acids is 2. The maximum absolute atomic E-state index is 12.1. The molecule has 1 N–H and O–H groups in total. The number of alkyl carbamates (subject to hydrolysis) is 1. The van der Waals surface area contributed by atoms with E-state index in [-0.39, 0.29) is 5.92 Å². The molecule has 0 radical (unpaired) electrons. The highest BCUT2D eigenvalue weighted by atomic mass is 16.6. The quantitative estimate of drug-likeness (QED) is 0.782. The van der Waals surface area contributed by atoms with E-state index in [1.54, 1.807) is 0 Å². The molecule has 5 heteroatoms. The summed E-state index contributed by atoms with van der Waals surface area (Å²) in [6.45, 7) is 7.63. The molecule has 0 aliphatic heterocycles. The molecule has 0 saturated heterocycles. The molecule has 1 aromatic rings. The first-order chi connectivity index (χ1) is 10.7. The van der Waals surface area contributed by atoms with Crippen LogP contribution in [-0.4, -0.2) is 30.8 Å². The molecule has 128 valence electrons. The van der Waals surface area contributed by atoms with E-state index in [0.29, 0.717) is 12.8 Å². The number of hydrogen-bond acceptors (Lipinski definition) is 4. The number of esters is 1. The van der Waals surface area contributed by atoms with Gasteiger partial charge in [-0.1, -0.05) is 44.2 Å². The second kappa shape index (κ2) is 8.56. The molecule has 0 heterocycles. The molecular weight excluding hydrogens is 294 g/mol. The second-order valence-corrected chi connectivity index (χ2v) is 6.66. The number of hydrogen-bond donors (Lipinski definition) is 1. The number of carbonyl (C=O) groups is 2. The van der Waals surface area contributed by atoms with Gasteiger partial charge in [0.1, 0.15) is 11.6 Å². The lowest BCUT2D eigenvalue weighted by Gasteiger charge is -2.27. The summed E-state index contributed by atoms with van der Waals surface area (Å²) in [7, 11) is 1.31. The Bertz CT molecular complexity index is 511. The first-order valence-corrected chi connectivity index (χ1v) is 7.85. The van der Waals surface area contributed by atoms with Crippen LogP contribution in [0, 0.1) is 5.92 Å². The van der Waals surface area contributed by atoms with Gasteiger partial charge in [-0.15, -0.1) is 0 Å². The molecule has 1 amide bonds. The molecule has 0 aliphatic rings. The summed E-state index contributed by atoms with van der Waals surface area (Å²) >= 11 is 0.